The molecule has 0 saturated carbocycles. The minimum atomic E-state index is -0.458. The van der Waals surface area contributed by atoms with Crippen LogP contribution in [0.25, 0.3) is 10.9 Å². The predicted molar refractivity (Wildman–Crippen MR) is 134 cm³/mol. The maximum Gasteiger partial charge on any atom is 0.322 e. The van der Waals surface area contributed by atoms with Gasteiger partial charge in [-0.15, -0.1) is 0 Å². The van der Waals surface area contributed by atoms with Crippen molar-refractivity contribution >= 4 is 22.6 Å². The average Bonchev–Trinajstić information content (AvgIpc) is 2.85. The van der Waals surface area contributed by atoms with Gasteiger partial charge in [0.25, 0.3) is 5.56 Å². The molecule has 0 fully saturated rings. The summed E-state index contributed by atoms with van der Waals surface area (Å²) in [6.45, 7) is 5.64. The van der Waals surface area contributed by atoms with Crippen molar-refractivity contribution in [1.29, 1.82) is 0 Å². The van der Waals surface area contributed by atoms with E-state index in [4.69, 9.17) is 14.5 Å². The molecule has 2 amide bonds. The Kier molecular flexibility index (Phi) is 9.18. The number of benzene rings is 2. The Morgan fingerprint density at radius 2 is 1.88 bits per heavy atom. The summed E-state index contributed by atoms with van der Waals surface area (Å²) in [6, 6.07) is 14.4. The van der Waals surface area contributed by atoms with E-state index in [1.54, 1.807) is 29.8 Å². The third kappa shape index (κ3) is 6.01. The molecule has 0 saturated heterocycles. The van der Waals surface area contributed by atoms with Gasteiger partial charge in [0.2, 0.25) is 0 Å². The molecule has 182 valence electrons. The van der Waals surface area contributed by atoms with E-state index in [1.165, 1.54) is 0 Å². The summed E-state index contributed by atoms with van der Waals surface area (Å²) in [4.78, 5) is 33.2. The number of nitrogens with one attached hydrogen (secondary N) is 1. The van der Waals surface area contributed by atoms with Crippen LogP contribution in [0.4, 0.5) is 10.5 Å². The summed E-state index contributed by atoms with van der Waals surface area (Å²) in [5, 5.41) is 3.56. The third-order valence-corrected chi connectivity index (χ3v) is 5.85. The summed E-state index contributed by atoms with van der Waals surface area (Å²) < 4.78 is 12.1. The third-order valence-electron chi connectivity index (χ3n) is 5.85. The van der Waals surface area contributed by atoms with Gasteiger partial charge in [-0.3, -0.25) is 9.36 Å². The molecular weight excluding hydrogens is 432 g/mol. The number of methoxy groups -OCH3 is 2. The van der Waals surface area contributed by atoms with E-state index in [0.717, 1.165) is 17.7 Å². The fraction of sp³-hybridized carbons (Fsp3) is 0.423. The van der Waals surface area contributed by atoms with Crippen LogP contribution in [0.5, 0.6) is 0 Å². The Bertz CT molecular complexity index is 1160. The number of ether oxygens (including phenoxy) is 2. The molecule has 0 aliphatic heterocycles. The number of rotatable bonds is 11. The Balaban J connectivity index is 2.00. The normalized spacial score (nSPS) is 12.0. The summed E-state index contributed by atoms with van der Waals surface area (Å²) in [7, 11) is 3.23. The number of fused-ring (bicyclic) bond motifs is 1. The highest BCUT2D eigenvalue weighted by molar-refractivity contribution is 5.89. The number of carbonyl (C=O) groups excluding carboxylic acids is 1. The van der Waals surface area contributed by atoms with Gasteiger partial charge in [0.05, 0.1) is 30.1 Å². The topological polar surface area (TPSA) is 85.7 Å². The highest BCUT2D eigenvalue weighted by atomic mass is 16.5. The summed E-state index contributed by atoms with van der Waals surface area (Å²) in [5.74, 6) is 0.524. The van der Waals surface area contributed by atoms with E-state index >= 15 is 0 Å². The molecule has 2 aromatic carbocycles. The maximum absolute atomic E-state index is 13.4. The maximum atomic E-state index is 13.4. The van der Waals surface area contributed by atoms with Crippen LogP contribution in [0.1, 0.15) is 37.7 Å². The lowest BCUT2D eigenvalue weighted by Gasteiger charge is -2.30. The zero-order valence-corrected chi connectivity index (χ0v) is 20.4. The van der Waals surface area contributed by atoms with E-state index in [0.29, 0.717) is 49.5 Å². The molecule has 1 atom stereocenters. The van der Waals surface area contributed by atoms with Gasteiger partial charge in [-0.1, -0.05) is 31.2 Å². The second-order valence-corrected chi connectivity index (χ2v) is 8.14. The molecule has 8 heteroatoms. The first-order chi connectivity index (χ1) is 16.5. The molecule has 0 radical (unpaired) electrons. The molecule has 3 aromatic rings. The van der Waals surface area contributed by atoms with Crippen molar-refractivity contribution in [2.75, 3.05) is 39.3 Å². The molecule has 34 heavy (non-hydrogen) atoms. The molecule has 0 spiro atoms. The lowest BCUT2D eigenvalue weighted by molar-refractivity contribution is 0.155. The molecule has 0 bridgehead atoms. The number of hydrogen-bond donors (Lipinski definition) is 1. The van der Waals surface area contributed by atoms with Crippen molar-refractivity contribution in [2.45, 2.75) is 39.3 Å². The largest absolute Gasteiger partial charge is 0.385 e. The minimum absolute atomic E-state index is 0.141. The molecule has 0 aliphatic carbocycles. The molecular formula is C26H34N4O4. The van der Waals surface area contributed by atoms with E-state index in [1.807, 2.05) is 49.4 Å². The van der Waals surface area contributed by atoms with E-state index < -0.39 is 6.04 Å². The van der Waals surface area contributed by atoms with Crippen molar-refractivity contribution in [3.8, 4) is 0 Å². The van der Waals surface area contributed by atoms with Crippen LogP contribution in [0.3, 0.4) is 0 Å². The second-order valence-electron chi connectivity index (χ2n) is 8.14. The predicted octanol–water partition coefficient (Wildman–Crippen LogP) is 4.24. The molecule has 1 heterocycles. The Labute approximate surface area is 200 Å². The number of urea groups is 1. The highest BCUT2D eigenvalue weighted by Crippen LogP contribution is 2.22. The number of aromatic nitrogens is 2. The number of aryl methyl sites for hydroxylation is 1. The molecule has 1 N–H and O–H groups in total. The van der Waals surface area contributed by atoms with E-state index in [-0.39, 0.29) is 11.6 Å². The van der Waals surface area contributed by atoms with Gasteiger partial charge < -0.3 is 19.7 Å². The van der Waals surface area contributed by atoms with Crippen LogP contribution < -0.4 is 10.9 Å². The quantitative estimate of drug-likeness (QED) is 0.427. The van der Waals surface area contributed by atoms with Crippen molar-refractivity contribution in [3.63, 3.8) is 0 Å². The van der Waals surface area contributed by atoms with E-state index in [9.17, 15) is 9.59 Å². The molecule has 8 nitrogen and oxygen atoms in total. The molecule has 1 unspecified atom stereocenters. The summed E-state index contributed by atoms with van der Waals surface area (Å²) in [5.41, 5.74) is 2.34. The highest BCUT2D eigenvalue weighted by Gasteiger charge is 2.26. The van der Waals surface area contributed by atoms with Gasteiger partial charge >= 0.3 is 6.03 Å². The summed E-state index contributed by atoms with van der Waals surface area (Å²) >= 11 is 0. The van der Waals surface area contributed by atoms with Gasteiger partial charge in [-0.25, -0.2) is 9.78 Å². The first kappa shape index (κ1) is 25.4. The van der Waals surface area contributed by atoms with Crippen molar-refractivity contribution in [3.05, 3.63) is 70.3 Å². The second kappa shape index (κ2) is 12.3. The van der Waals surface area contributed by atoms with Crippen LogP contribution in [-0.4, -0.2) is 54.5 Å². The fourth-order valence-corrected chi connectivity index (χ4v) is 3.96. The SMILES string of the molecule is CCc1cccc(NC(=O)N(CCCOC)C(C)c2nc3ccccc3c(=O)n2CCOC)c1. The van der Waals surface area contributed by atoms with Crippen LogP contribution in [-0.2, 0) is 22.4 Å². The Morgan fingerprint density at radius 1 is 1.12 bits per heavy atom. The molecule has 1 aromatic heterocycles. The molecule has 0 aliphatic rings. The zero-order chi connectivity index (χ0) is 24.5. The average molecular weight is 467 g/mol. The fourth-order valence-electron chi connectivity index (χ4n) is 3.96. The smallest absolute Gasteiger partial charge is 0.322 e. The van der Waals surface area contributed by atoms with Crippen molar-refractivity contribution in [1.82, 2.24) is 14.5 Å². The lowest BCUT2D eigenvalue weighted by Crippen LogP contribution is -2.41. The van der Waals surface area contributed by atoms with Gasteiger partial charge in [0, 0.05) is 33.1 Å². The van der Waals surface area contributed by atoms with Crippen molar-refractivity contribution < 1.29 is 14.3 Å². The molecule has 3 rings (SSSR count). The number of carbonyl (C=O) groups is 1. The summed E-state index contributed by atoms with van der Waals surface area (Å²) in [6.07, 6.45) is 1.53. The number of hydrogen-bond acceptors (Lipinski definition) is 5. The Hall–Kier alpha value is -3.23. The first-order valence-electron chi connectivity index (χ1n) is 11.6. The standard InChI is InChI=1S/C26H34N4O4/c1-5-20-10-8-11-21(18-20)27-26(32)29(14-9-16-33-3)19(2)24-28-23-13-7-6-12-22(23)25(31)30(24)15-17-34-4/h6-8,10-13,18-19H,5,9,14-17H2,1-4H3,(H,27,32). The number of para-hydroxylation sites is 1. The van der Waals surface area contributed by atoms with Crippen LogP contribution >= 0.6 is 0 Å². The van der Waals surface area contributed by atoms with Gasteiger partial charge in [0.15, 0.2) is 0 Å². The van der Waals surface area contributed by atoms with Gasteiger partial charge in [0.1, 0.15) is 5.82 Å². The minimum Gasteiger partial charge on any atom is -0.385 e. The van der Waals surface area contributed by atoms with Crippen LogP contribution in [0, 0.1) is 0 Å². The monoisotopic (exact) mass is 466 g/mol. The van der Waals surface area contributed by atoms with Gasteiger partial charge in [-0.05, 0) is 49.6 Å². The van der Waals surface area contributed by atoms with Crippen molar-refractivity contribution in [2.24, 2.45) is 0 Å². The zero-order valence-electron chi connectivity index (χ0n) is 20.4. The Morgan fingerprint density at radius 3 is 2.62 bits per heavy atom. The van der Waals surface area contributed by atoms with Crippen LogP contribution in [0.15, 0.2) is 53.3 Å². The first-order valence-corrected chi connectivity index (χ1v) is 11.6. The van der Waals surface area contributed by atoms with Gasteiger partial charge in [-0.2, -0.15) is 0 Å². The number of anilines is 1. The van der Waals surface area contributed by atoms with E-state index in [2.05, 4.69) is 12.2 Å². The van der Waals surface area contributed by atoms with Crippen LogP contribution in [0.2, 0.25) is 0 Å². The lowest BCUT2D eigenvalue weighted by atomic mass is 10.1. The number of nitrogens with zero attached hydrogens (tertiary/aromatic N) is 3. The number of amides is 2.